The van der Waals surface area contributed by atoms with Crippen LogP contribution >= 0.6 is 0 Å². The molecule has 2 aliphatic rings. The lowest BCUT2D eigenvalue weighted by molar-refractivity contribution is -0.129. The monoisotopic (exact) mass is 316 g/mol. The van der Waals surface area contributed by atoms with Gasteiger partial charge in [-0.25, -0.2) is 0 Å². The van der Waals surface area contributed by atoms with E-state index >= 15 is 0 Å². The highest BCUT2D eigenvalue weighted by Gasteiger charge is 2.36. The summed E-state index contributed by atoms with van der Waals surface area (Å²) < 4.78 is 5.59. The normalized spacial score (nSPS) is 24.2. The smallest absolute Gasteiger partial charge is 0.229 e. The third-order valence-corrected chi connectivity index (χ3v) is 4.69. The van der Waals surface area contributed by atoms with Crippen molar-refractivity contribution >= 4 is 17.5 Å². The van der Waals surface area contributed by atoms with Crippen molar-refractivity contribution in [2.45, 2.75) is 38.7 Å². The molecule has 2 unspecified atom stereocenters. The number of para-hydroxylation sites is 1. The lowest BCUT2D eigenvalue weighted by Crippen LogP contribution is -2.34. The first kappa shape index (κ1) is 16.0. The molecule has 2 heterocycles. The van der Waals surface area contributed by atoms with Crippen LogP contribution in [0.5, 0.6) is 0 Å². The minimum atomic E-state index is -0.270. The highest BCUT2D eigenvalue weighted by atomic mass is 16.5. The topological polar surface area (TPSA) is 58.6 Å². The van der Waals surface area contributed by atoms with Crippen LogP contribution < -0.4 is 5.32 Å². The van der Waals surface area contributed by atoms with Gasteiger partial charge in [0.2, 0.25) is 11.8 Å². The van der Waals surface area contributed by atoms with E-state index in [1.165, 1.54) is 0 Å². The average molecular weight is 316 g/mol. The van der Waals surface area contributed by atoms with Crippen molar-refractivity contribution < 1.29 is 14.3 Å². The Labute approximate surface area is 137 Å². The van der Waals surface area contributed by atoms with Crippen molar-refractivity contribution in [1.82, 2.24) is 4.90 Å². The first-order chi connectivity index (χ1) is 11.2. The summed E-state index contributed by atoms with van der Waals surface area (Å²) in [7, 11) is 0. The van der Waals surface area contributed by atoms with E-state index in [0.717, 1.165) is 37.1 Å². The van der Waals surface area contributed by atoms with Crippen molar-refractivity contribution in [2.24, 2.45) is 5.92 Å². The molecule has 2 fully saturated rings. The van der Waals surface area contributed by atoms with Crippen LogP contribution in [0.15, 0.2) is 24.3 Å². The van der Waals surface area contributed by atoms with Gasteiger partial charge < -0.3 is 15.0 Å². The molecule has 3 rings (SSSR count). The van der Waals surface area contributed by atoms with Gasteiger partial charge >= 0.3 is 0 Å². The molecule has 0 aromatic heterocycles. The van der Waals surface area contributed by atoms with Gasteiger partial charge in [0.25, 0.3) is 0 Å². The van der Waals surface area contributed by atoms with Gasteiger partial charge in [0.15, 0.2) is 0 Å². The number of carbonyl (C=O) groups is 2. The van der Waals surface area contributed by atoms with Crippen LogP contribution in [0.3, 0.4) is 0 Å². The molecule has 0 bridgehead atoms. The van der Waals surface area contributed by atoms with Gasteiger partial charge in [0, 0.05) is 31.8 Å². The van der Waals surface area contributed by atoms with E-state index in [2.05, 4.69) is 12.2 Å². The van der Waals surface area contributed by atoms with Crippen LogP contribution in [-0.2, 0) is 20.7 Å². The quantitative estimate of drug-likeness (QED) is 0.906. The highest BCUT2D eigenvalue weighted by molar-refractivity contribution is 5.97. The summed E-state index contributed by atoms with van der Waals surface area (Å²) in [6, 6.07) is 7.81. The SMILES string of the molecule is CCc1ccccc1NC(=O)C1CC(=O)N(CC2CCCO2)C1. The minimum Gasteiger partial charge on any atom is -0.376 e. The third-order valence-electron chi connectivity index (χ3n) is 4.69. The van der Waals surface area contributed by atoms with E-state index in [9.17, 15) is 9.59 Å². The van der Waals surface area contributed by atoms with Gasteiger partial charge in [-0.3, -0.25) is 9.59 Å². The maximum Gasteiger partial charge on any atom is 0.229 e. The number of nitrogens with zero attached hydrogens (tertiary/aromatic N) is 1. The minimum absolute atomic E-state index is 0.0597. The van der Waals surface area contributed by atoms with Gasteiger partial charge in [0.1, 0.15) is 0 Å². The first-order valence-corrected chi connectivity index (χ1v) is 8.45. The average Bonchev–Trinajstić information content (AvgIpc) is 3.19. The van der Waals surface area contributed by atoms with E-state index in [4.69, 9.17) is 4.74 Å². The summed E-state index contributed by atoms with van der Waals surface area (Å²) >= 11 is 0. The molecule has 5 nitrogen and oxygen atoms in total. The van der Waals surface area contributed by atoms with E-state index in [0.29, 0.717) is 19.5 Å². The second-order valence-electron chi connectivity index (χ2n) is 6.33. The molecule has 1 N–H and O–H groups in total. The maximum atomic E-state index is 12.5. The highest BCUT2D eigenvalue weighted by Crippen LogP contribution is 2.24. The summed E-state index contributed by atoms with van der Waals surface area (Å²) in [6.45, 7) is 3.96. The largest absolute Gasteiger partial charge is 0.376 e. The predicted octanol–water partition coefficient (Wildman–Crippen LogP) is 2.21. The lowest BCUT2D eigenvalue weighted by atomic mass is 10.1. The fourth-order valence-electron chi connectivity index (χ4n) is 3.34. The molecule has 1 aromatic rings. The zero-order chi connectivity index (χ0) is 16.2. The van der Waals surface area contributed by atoms with Crippen molar-refractivity contribution in [2.75, 3.05) is 25.0 Å². The Hall–Kier alpha value is -1.88. The van der Waals surface area contributed by atoms with Crippen molar-refractivity contribution in [3.8, 4) is 0 Å². The van der Waals surface area contributed by atoms with Gasteiger partial charge in [-0.15, -0.1) is 0 Å². The molecule has 0 saturated carbocycles. The number of aryl methyl sites for hydroxylation is 1. The van der Waals surface area contributed by atoms with Crippen LogP contribution in [0.2, 0.25) is 0 Å². The number of hydrogen-bond donors (Lipinski definition) is 1. The molecule has 0 aliphatic carbocycles. The molecule has 124 valence electrons. The van der Waals surface area contributed by atoms with Gasteiger partial charge in [-0.1, -0.05) is 25.1 Å². The Balaban J connectivity index is 1.59. The van der Waals surface area contributed by atoms with Crippen LogP contribution in [0.25, 0.3) is 0 Å². The summed E-state index contributed by atoms with van der Waals surface area (Å²) in [4.78, 5) is 26.4. The van der Waals surface area contributed by atoms with Gasteiger partial charge in [-0.05, 0) is 30.9 Å². The summed E-state index contributed by atoms with van der Waals surface area (Å²) in [6.07, 6.45) is 3.37. The Morgan fingerprint density at radius 1 is 1.39 bits per heavy atom. The van der Waals surface area contributed by atoms with E-state index in [1.54, 1.807) is 4.90 Å². The van der Waals surface area contributed by atoms with E-state index < -0.39 is 0 Å². The molecular formula is C18H24N2O3. The number of amides is 2. The number of benzene rings is 1. The van der Waals surface area contributed by atoms with Crippen molar-refractivity contribution in [1.29, 1.82) is 0 Å². The van der Waals surface area contributed by atoms with Crippen molar-refractivity contribution in [3.63, 3.8) is 0 Å². The third kappa shape index (κ3) is 3.72. The number of ether oxygens (including phenoxy) is 1. The van der Waals surface area contributed by atoms with Gasteiger partial charge in [-0.2, -0.15) is 0 Å². The van der Waals surface area contributed by atoms with Crippen LogP contribution in [0.4, 0.5) is 5.69 Å². The molecule has 2 amide bonds. The standard InChI is InChI=1S/C18H24N2O3/c1-2-13-6-3-4-8-16(13)19-18(22)14-10-17(21)20(11-14)12-15-7-5-9-23-15/h3-4,6,8,14-15H,2,5,7,9-12H2,1H3,(H,19,22). The summed E-state index contributed by atoms with van der Waals surface area (Å²) in [5.41, 5.74) is 1.96. The number of carbonyl (C=O) groups excluding carboxylic acids is 2. The Morgan fingerprint density at radius 2 is 2.22 bits per heavy atom. The molecule has 23 heavy (non-hydrogen) atoms. The maximum absolute atomic E-state index is 12.5. The first-order valence-electron chi connectivity index (χ1n) is 8.45. The fraction of sp³-hybridized carbons (Fsp3) is 0.556. The molecule has 1 aromatic carbocycles. The molecule has 2 atom stereocenters. The second-order valence-corrected chi connectivity index (χ2v) is 6.33. The molecule has 2 aliphatic heterocycles. The molecule has 2 saturated heterocycles. The number of likely N-dealkylation sites (tertiary alicyclic amines) is 1. The number of nitrogens with one attached hydrogen (secondary N) is 1. The Kier molecular flexibility index (Phi) is 4.96. The van der Waals surface area contributed by atoms with Gasteiger partial charge in [0.05, 0.1) is 12.0 Å². The predicted molar refractivity (Wildman–Crippen MR) is 88.1 cm³/mol. The van der Waals surface area contributed by atoms with Crippen molar-refractivity contribution in [3.05, 3.63) is 29.8 Å². The molecular weight excluding hydrogens is 292 g/mol. The van der Waals surface area contributed by atoms with Crippen LogP contribution in [0.1, 0.15) is 31.7 Å². The number of rotatable bonds is 5. The fourth-order valence-corrected chi connectivity index (χ4v) is 3.34. The lowest BCUT2D eigenvalue weighted by Gasteiger charge is -2.20. The summed E-state index contributed by atoms with van der Waals surface area (Å²) in [5, 5.41) is 2.99. The molecule has 0 radical (unpaired) electrons. The summed E-state index contributed by atoms with van der Waals surface area (Å²) in [5.74, 6) is -0.271. The van der Waals surface area contributed by atoms with E-state index in [1.807, 2.05) is 24.3 Å². The zero-order valence-corrected chi connectivity index (χ0v) is 13.6. The van der Waals surface area contributed by atoms with Crippen LogP contribution in [0, 0.1) is 5.92 Å². The molecule has 0 spiro atoms. The Morgan fingerprint density at radius 3 is 2.96 bits per heavy atom. The Bertz CT molecular complexity index is 581. The number of hydrogen-bond acceptors (Lipinski definition) is 3. The molecule has 5 heteroatoms. The second kappa shape index (κ2) is 7.13. The number of anilines is 1. The van der Waals surface area contributed by atoms with Crippen LogP contribution in [-0.4, -0.2) is 42.5 Å². The zero-order valence-electron chi connectivity index (χ0n) is 13.6. The van der Waals surface area contributed by atoms with E-state index in [-0.39, 0.29) is 23.8 Å².